The maximum Gasteiger partial charge on any atom is 0.294 e. The molecule has 4 aromatic rings. The van der Waals surface area contributed by atoms with Gasteiger partial charge in [0.2, 0.25) is 0 Å². The molecule has 0 atom stereocenters. The van der Waals surface area contributed by atoms with E-state index < -0.39 is 0 Å². The van der Waals surface area contributed by atoms with E-state index in [1.807, 2.05) is 54.6 Å². The van der Waals surface area contributed by atoms with Crippen LogP contribution < -0.4 is 10.9 Å². The molecule has 27 heavy (non-hydrogen) atoms. The van der Waals surface area contributed by atoms with Gasteiger partial charge in [0.25, 0.3) is 5.56 Å². The highest BCUT2D eigenvalue weighted by Crippen LogP contribution is 2.15. The number of hydrogen-bond donors (Lipinski definition) is 1. The summed E-state index contributed by atoms with van der Waals surface area (Å²) in [5, 5.41) is 3.81. The quantitative estimate of drug-likeness (QED) is 0.569. The van der Waals surface area contributed by atoms with Crippen molar-refractivity contribution >= 4 is 28.5 Å². The molecule has 0 fully saturated rings. The molecule has 2 aromatic carbocycles. The SMILES string of the molecule is O=c1c(NCc2cccc(Cl)c2)nc2ccncc2n1Cc1ccccc1. The number of nitrogens with zero attached hydrogens (tertiary/aromatic N) is 3. The molecule has 5 nitrogen and oxygen atoms in total. The number of hydrogen-bond acceptors (Lipinski definition) is 4. The Morgan fingerprint density at radius 1 is 1.00 bits per heavy atom. The Morgan fingerprint density at radius 3 is 2.63 bits per heavy atom. The fourth-order valence-electron chi connectivity index (χ4n) is 2.96. The van der Waals surface area contributed by atoms with E-state index in [-0.39, 0.29) is 5.56 Å². The third-order valence-electron chi connectivity index (χ3n) is 4.28. The van der Waals surface area contributed by atoms with E-state index in [1.165, 1.54) is 0 Å². The van der Waals surface area contributed by atoms with E-state index in [1.54, 1.807) is 23.0 Å². The number of benzene rings is 2. The third-order valence-corrected chi connectivity index (χ3v) is 4.52. The summed E-state index contributed by atoms with van der Waals surface area (Å²) in [7, 11) is 0. The normalized spacial score (nSPS) is 10.9. The largest absolute Gasteiger partial charge is 0.361 e. The molecule has 0 aliphatic heterocycles. The van der Waals surface area contributed by atoms with Crippen LogP contribution in [0.1, 0.15) is 11.1 Å². The number of fused-ring (bicyclic) bond motifs is 1. The molecular formula is C21H17ClN4O. The molecule has 134 valence electrons. The van der Waals surface area contributed by atoms with Gasteiger partial charge in [-0.15, -0.1) is 0 Å². The first-order valence-corrected chi connectivity index (χ1v) is 8.95. The van der Waals surface area contributed by atoms with E-state index in [9.17, 15) is 4.79 Å². The minimum Gasteiger partial charge on any atom is -0.361 e. The summed E-state index contributed by atoms with van der Waals surface area (Å²) in [5.74, 6) is 0.310. The predicted octanol–water partition coefficient (Wildman–Crippen LogP) is 4.11. The molecule has 0 amide bonds. The molecule has 0 aliphatic rings. The number of pyridine rings is 1. The van der Waals surface area contributed by atoms with Gasteiger partial charge in [0.15, 0.2) is 5.82 Å². The van der Waals surface area contributed by atoms with Crippen molar-refractivity contribution in [2.24, 2.45) is 0 Å². The van der Waals surface area contributed by atoms with E-state index in [4.69, 9.17) is 11.6 Å². The van der Waals surface area contributed by atoms with Crippen molar-refractivity contribution in [3.05, 3.63) is 99.6 Å². The van der Waals surface area contributed by atoms with Gasteiger partial charge in [0.1, 0.15) is 0 Å². The van der Waals surface area contributed by atoms with Crippen LogP contribution in [0.5, 0.6) is 0 Å². The minimum atomic E-state index is -0.179. The number of nitrogens with one attached hydrogen (secondary N) is 1. The second-order valence-electron chi connectivity index (χ2n) is 6.19. The van der Waals surface area contributed by atoms with Crippen molar-refractivity contribution in [3.8, 4) is 0 Å². The Hall–Kier alpha value is -3.18. The van der Waals surface area contributed by atoms with Crippen molar-refractivity contribution < 1.29 is 0 Å². The summed E-state index contributed by atoms with van der Waals surface area (Å²) in [6, 6.07) is 19.2. The first-order valence-electron chi connectivity index (χ1n) is 8.57. The minimum absolute atomic E-state index is 0.179. The zero-order valence-electron chi connectivity index (χ0n) is 14.5. The van der Waals surface area contributed by atoms with E-state index in [0.717, 1.165) is 11.1 Å². The van der Waals surface area contributed by atoms with Crippen LogP contribution in [0.4, 0.5) is 5.82 Å². The van der Waals surface area contributed by atoms with Crippen molar-refractivity contribution in [2.75, 3.05) is 5.32 Å². The summed E-state index contributed by atoms with van der Waals surface area (Å²) >= 11 is 6.04. The number of anilines is 1. The maximum atomic E-state index is 13.1. The molecule has 0 aliphatic carbocycles. The van der Waals surface area contributed by atoms with Crippen molar-refractivity contribution in [2.45, 2.75) is 13.1 Å². The Kier molecular flexibility index (Phi) is 4.85. The van der Waals surface area contributed by atoms with Crippen LogP contribution in [0.2, 0.25) is 5.02 Å². The monoisotopic (exact) mass is 376 g/mol. The molecule has 2 heterocycles. The zero-order valence-corrected chi connectivity index (χ0v) is 15.2. The van der Waals surface area contributed by atoms with Gasteiger partial charge in [-0.2, -0.15) is 0 Å². The Balaban J connectivity index is 1.73. The van der Waals surface area contributed by atoms with Crippen LogP contribution in [0.15, 0.2) is 77.9 Å². The number of aromatic nitrogens is 3. The molecule has 1 N–H and O–H groups in total. The maximum absolute atomic E-state index is 13.1. The standard InChI is InChI=1S/C21H17ClN4O/c22-17-8-4-7-16(11-17)12-24-20-21(27)26(14-15-5-2-1-3-6-15)19-13-23-10-9-18(19)25-20/h1-11,13H,12,14H2,(H,24,25). The van der Waals surface area contributed by atoms with E-state index >= 15 is 0 Å². The Bertz CT molecular complexity index is 1140. The molecule has 0 spiro atoms. The van der Waals surface area contributed by atoms with Crippen LogP contribution in [-0.2, 0) is 13.1 Å². The zero-order chi connectivity index (χ0) is 18.6. The lowest BCUT2D eigenvalue weighted by atomic mass is 10.2. The summed E-state index contributed by atoms with van der Waals surface area (Å²) in [4.78, 5) is 21.7. The van der Waals surface area contributed by atoms with Gasteiger partial charge in [-0.1, -0.05) is 54.1 Å². The van der Waals surface area contributed by atoms with Gasteiger partial charge >= 0.3 is 0 Å². The highest BCUT2D eigenvalue weighted by Gasteiger charge is 2.11. The van der Waals surface area contributed by atoms with Gasteiger partial charge in [-0.3, -0.25) is 14.3 Å². The van der Waals surface area contributed by atoms with Crippen LogP contribution in [0.25, 0.3) is 11.0 Å². The van der Waals surface area contributed by atoms with Gasteiger partial charge in [0.05, 0.1) is 23.8 Å². The molecule has 0 bridgehead atoms. The van der Waals surface area contributed by atoms with Gasteiger partial charge in [-0.25, -0.2) is 4.98 Å². The molecule has 4 rings (SSSR count). The highest BCUT2D eigenvalue weighted by molar-refractivity contribution is 6.30. The molecule has 2 aromatic heterocycles. The first-order chi connectivity index (χ1) is 13.2. The van der Waals surface area contributed by atoms with Crippen molar-refractivity contribution in [1.29, 1.82) is 0 Å². The summed E-state index contributed by atoms with van der Waals surface area (Å²) in [6.07, 6.45) is 3.35. The van der Waals surface area contributed by atoms with Crippen LogP contribution >= 0.6 is 11.6 Å². The van der Waals surface area contributed by atoms with Crippen LogP contribution in [-0.4, -0.2) is 14.5 Å². The Morgan fingerprint density at radius 2 is 1.81 bits per heavy atom. The van der Waals surface area contributed by atoms with Crippen LogP contribution in [0.3, 0.4) is 0 Å². The van der Waals surface area contributed by atoms with Crippen LogP contribution in [0, 0.1) is 0 Å². The summed E-state index contributed by atoms with van der Waals surface area (Å²) in [6.45, 7) is 0.918. The molecular weight excluding hydrogens is 360 g/mol. The van der Waals surface area contributed by atoms with Crippen molar-refractivity contribution in [1.82, 2.24) is 14.5 Å². The lowest BCUT2D eigenvalue weighted by molar-refractivity contribution is 0.785. The molecule has 0 unspecified atom stereocenters. The highest BCUT2D eigenvalue weighted by atomic mass is 35.5. The molecule has 0 saturated carbocycles. The number of rotatable bonds is 5. The van der Waals surface area contributed by atoms with Crippen molar-refractivity contribution in [3.63, 3.8) is 0 Å². The first kappa shape index (κ1) is 17.2. The van der Waals surface area contributed by atoms with Gasteiger partial charge in [-0.05, 0) is 29.3 Å². The summed E-state index contributed by atoms with van der Waals surface area (Å²) in [5.41, 5.74) is 3.26. The van der Waals surface area contributed by atoms with E-state index in [0.29, 0.717) is 35.0 Å². The second kappa shape index (κ2) is 7.60. The second-order valence-corrected chi connectivity index (χ2v) is 6.62. The smallest absolute Gasteiger partial charge is 0.294 e. The molecule has 0 saturated heterocycles. The van der Waals surface area contributed by atoms with E-state index in [2.05, 4.69) is 15.3 Å². The lowest BCUT2D eigenvalue weighted by Gasteiger charge is -2.13. The number of halogens is 1. The topological polar surface area (TPSA) is 59.8 Å². The van der Waals surface area contributed by atoms with Gasteiger partial charge < -0.3 is 5.32 Å². The summed E-state index contributed by atoms with van der Waals surface area (Å²) < 4.78 is 1.70. The molecule has 0 radical (unpaired) electrons. The third kappa shape index (κ3) is 3.83. The predicted molar refractivity (Wildman–Crippen MR) is 108 cm³/mol. The average Bonchev–Trinajstić information content (AvgIpc) is 2.70. The fraction of sp³-hybridized carbons (Fsp3) is 0.0952. The molecule has 6 heteroatoms. The fourth-order valence-corrected chi connectivity index (χ4v) is 3.17. The lowest BCUT2D eigenvalue weighted by Crippen LogP contribution is -2.26. The Labute approximate surface area is 161 Å². The van der Waals surface area contributed by atoms with Gasteiger partial charge in [0, 0.05) is 17.8 Å². The average molecular weight is 377 g/mol.